The number of carbonyl (C=O) groups is 3. The van der Waals surface area contributed by atoms with E-state index in [0.29, 0.717) is 30.9 Å². The van der Waals surface area contributed by atoms with Crippen molar-refractivity contribution in [1.82, 2.24) is 15.6 Å². The lowest BCUT2D eigenvalue weighted by Crippen LogP contribution is -2.38. The highest BCUT2D eigenvalue weighted by atomic mass is 16.5. The number of nitrogens with zero attached hydrogens (tertiary/aromatic N) is 1. The fourth-order valence-electron chi connectivity index (χ4n) is 3.76. The van der Waals surface area contributed by atoms with Gasteiger partial charge in [-0.25, -0.2) is 0 Å². The number of hydrogen-bond acceptors (Lipinski definition) is 4. The van der Waals surface area contributed by atoms with Crippen molar-refractivity contribution in [3.63, 3.8) is 0 Å². The monoisotopic (exact) mass is 420 g/mol. The third kappa shape index (κ3) is 4.37. The molecular weight excluding hydrogens is 396 g/mol. The van der Waals surface area contributed by atoms with E-state index >= 15 is 0 Å². The minimum absolute atomic E-state index is 0.0852. The first-order valence-corrected chi connectivity index (χ1v) is 10.1. The molecule has 31 heavy (non-hydrogen) atoms. The zero-order valence-corrected chi connectivity index (χ0v) is 17.2. The SMILES string of the molecule is COc1ccc(N2C[C@@H](C(=O)NCCNC(=O)c3c[nH]c4ccccc34)CC2=O)cc1. The normalized spacial score (nSPS) is 15.8. The van der Waals surface area contributed by atoms with Crippen LogP contribution in [0, 0.1) is 5.92 Å². The van der Waals surface area contributed by atoms with Gasteiger partial charge in [0.05, 0.1) is 18.6 Å². The van der Waals surface area contributed by atoms with Crippen LogP contribution in [-0.4, -0.2) is 49.4 Å². The van der Waals surface area contributed by atoms with Crippen LogP contribution in [0.2, 0.25) is 0 Å². The van der Waals surface area contributed by atoms with Gasteiger partial charge in [-0.15, -0.1) is 0 Å². The molecule has 1 atom stereocenters. The van der Waals surface area contributed by atoms with Gasteiger partial charge in [-0.05, 0) is 30.3 Å². The molecule has 3 amide bonds. The summed E-state index contributed by atoms with van der Waals surface area (Å²) >= 11 is 0. The smallest absolute Gasteiger partial charge is 0.253 e. The van der Waals surface area contributed by atoms with E-state index in [1.165, 1.54) is 0 Å². The van der Waals surface area contributed by atoms with E-state index in [0.717, 1.165) is 16.6 Å². The molecule has 1 saturated heterocycles. The second-order valence-corrected chi connectivity index (χ2v) is 7.40. The molecule has 0 unspecified atom stereocenters. The van der Waals surface area contributed by atoms with E-state index in [1.54, 1.807) is 42.5 Å². The highest BCUT2D eigenvalue weighted by Crippen LogP contribution is 2.26. The number of ether oxygens (including phenoxy) is 1. The summed E-state index contributed by atoms with van der Waals surface area (Å²) in [5.41, 5.74) is 2.21. The first kappa shape index (κ1) is 20.5. The standard InChI is InChI=1S/C23H24N4O4/c1-31-17-8-6-16(7-9-17)27-14-15(12-21(27)28)22(29)24-10-11-25-23(30)19-13-26-20-5-3-2-4-18(19)20/h2-9,13,15,26H,10-12,14H2,1H3,(H,24,29)(H,25,30)/t15-/m0/s1. The molecule has 3 N–H and O–H groups in total. The number of methoxy groups -OCH3 is 1. The molecule has 1 fully saturated rings. The molecule has 1 aliphatic rings. The zero-order valence-electron chi connectivity index (χ0n) is 17.2. The average molecular weight is 420 g/mol. The Kier molecular flexibility index (Phi) is 5.88. The molecule has 1 aliphatic heterocycles. The predicted molar refractivity (Wildman–Crippen MR) is 117 cm³/mol. The molecule has 0 bridgehead atoms. The van der Waals surface area contributed by atoms with Crippen molar-refractivity contribution in [2.75, 3.05) is 31.6 Å². The summed E-state index contributed by atoms with van der Waals surface area (Å²) < 4.78 is 5.14. The lowest BCUT2D eigenvalue weighted by atomic mass is 10.1. The first-order chi connectivity index (χ1) is 15.1. The van der Waals surface area contributed by atoms with Crippen LogP contribution in [-0.2, 0) is 9.59 Å². The van der Waals surface area contributed by atoms with Crippen molar-refractivity contribution in [3.8, 4) is 5.75 Å². The Morgan fingerprint density at radius 3 is 2.61 bits per heavy atom. The van der Waals surface area contributed by atoms with E-state index in [4.69, 9.17) is 4.74 Å². The molecule has 4 rings (SSSR count). The van der Waals surface area contributed by atoms with Crippen molar-refractivity contribution in [2.45, 2.75) is 6.42 Å². The average Bonchev–Trinajstić information content (AvgIpc) is 3.40. The van der Waals surface area contributed by atoms with Gasteiger partial charge in [-0.1, -0.05) is 18.2 Å². The maximum Gasteiger partial charge on any atom is 0.253 e. The van der Waals surface area contributed by atoms with Crippen LogP contribution in [0.3, 0.4) is 0 Å². The molecule has 8 nitrogen and oxygen atoms in total. The molecule has 0 radical (unpaired) electrons. The lowest BCUT2D eigenvalue weighted by molar-refractivity contribution is -0.126. The fourth-order valence-corrected chi connectivity index (χ4v) is 3.76. The minimum atomic E-state index is -0.418. The molecule has 0 spiro atoms. The number of benzene rings is 2. The van der Waals surface area contributed by atoms with E-state index in [2.05, 4.69) is 15.6 Å². The maximum atomic E-state index is 12.5. The summed E-state index contributed by atoms with van der Waals surface area (Å²) in [7, 11) is 1.58. The topological polar surface area (TPSA) is 104 Å². The van der Waals surface area contributed by atoms with Gasteiger partial charge in [0.15, 0.2) is 0 Å². The van der Waals surface area contributed by atoms with Crippen molar-refractivity contribution < 1.29 is 19.1 Å². The largest absolute Gasteiger partial charge is 0.497 e. The highest BCUT2D eigenvalue weighted by Gasteiger charge is 2.34. The molecule has 2 heterocycles. The van der Waals surface area contributed by atoms with Gasteiger partial charge in [-0.3, -0.25) is 14.4 Å². The second-order valence-electron chi connectivity index (χ2n) is 7.40. The Balaban J connectivity index is 1.25. The van der Waals surface area contributed by atoms with Crippen LogP contribution < -0.4 is 20.3 Å². The number of hydrogen-bond donors (Lipinski definition) is 3. The summed E-state index contributed by atoms with van der Waals surface area (Å²) in [5, 5.41) is 6.48. The molecule has 1 aromatic heterocycles. The molecule has 0 aliphatic carbocycles. The number of aromatic nitrogens is 1. The molecule has 0 saturated carbocycles. The van der Waals surface area contributed by atoms with Crippen molar-refractivity contribution in [1.29, 1.82) is 0 Å². The number of nitrogens with one attached hydrogen (secondary N) is 3. The number of carbonyl (C=O) groups excluding carboxylic acids is 3. The number of H-pyrrole nitrogens is 1. The Morgan fingerprint density at radius 1 is 1.10 bits per heavy atom. The van der Waals surface area contributed by atoms with E-state index in [-0.39, 0.29) is 24.1 Å². The number of rotatable bonds is 7. The van der Waals surface area contributed by atoms with Crippen LogP contribution in [0.1, 0.15) is 16.8 Å². The Bertz CT molecular complexity index is 1110. The molecule has 8 heteroatoms. The second kappa shape index (κ2) is 8.91. The fraction of sp³-hybridized carbons (Fsp3) is 0.261. The number of para-hydroxylation sites is 1. The molecule has 2 aromatic carbocycles. The van der Waals surface area contributed by atoms with Gasteiger partial charge in [0.1, 0.15) is 5.75 Å². The van der Waals surface area contributed by atoms with Gasteiger partial charge in [0, 0.05) is 48.8 Å². The van der Waals surface area contributed by atoms with Crippen LogP contribution >= 0.6 is 0 Å². The minimum Gasteiger partial charge on any atom is -0.497 e. The third-order valence-corrected chi connectivity index (χ3v) is 5.42. The summed E-state index contributed by atoms with van der Waals surface area (Å²) in [4.78, 5) is 41.9. The Morgan fingerprint density at radius 2 is 1.84 bits per heavy atom. The van der Waals surface area contributed by atoms with Crippen LogP contribution in [0.4, 0.5) is 5.69 Å². The highest BCUT2D eigenvalue weighted by molar-refractivity contribution is 6.06. The van der Waals surface area contributed by atoms with Gasteiger partial charge in [0.25, 0.3) is 5.91 Å². The maximum absolute atomic E-state index is 12.5. The van der Waals surface area contributed by atoms with Crippen molar-refractivity contribution in [3.05, 3.63) is 60.3 Å². The molecular formula is C23H24N4O4. The van der Waals surface area contributed by atoms with E-state index in [1.807, 2.05) is 24.3 Å². The summed E-state index contributed by atoms with van der Waals surface area (Å²) in [6.07, 6.45) is 1.84. The number of amides is 3. The Hall–Kier alpha value is -3.81. The zero-order chi connectivity index (χ0) is 21.8. The van der Waals surface area contributed by atoms with Gasteiger partial charge < -0.3 is 25.3 Å². The predicted octanol–water partition coefficient (Wildman–Crippen LogP) is 2.08. The van der Waals surface area contributed by atoms with Crippen molar-refractivity contribution >= 4 is 34.3 Å². The summed E-state index contributed by atoms with van der Waals surface area (Å²) in [6.45, 7) is 0.922. The van der Waals surface area contributed by atoms with E-state index < -0.39 is 5.92 Å². The Labute approximate surface area is 179 Å². The van der Waals surface area contributed by atoms with E-state index in [9.17, 15) is 14.4 Å². The number of fused-ring (bicyclic) bond motifs is 1. The summed E-state index contributed by atoms with van der Waals surface area (Å²) in [6, 6.07) is 14.7. The number of aromatic amines is 1. The molecule has 3 aromatic rings. The molecule has 160 valence electrons. The van der Waals surface area contributed by atoms with Crippen LogP contribution in [0.25, 0.3) is 10.9 Å². The van der Waals surface area contributed by atoms with Gasteiger partial charge in [0.2, 0.25) is 11.8 Å². The third-order valence-electron chi connectivity index (χ3n) is 5.42. The van der Waals surface area contributed by atoms with Gasteiger partial charge in [-0.2, -0.15) is 0 Å². The van der Waals surface area contributed by atoms with Crippen LogP contribution in [0.15, 0.2) is 54.7 Å². The number of anilines is 1. The lowest BCUT2D eigenvalue weighted by Gasteiger charge is -2.17. The van der Waals surface area contributed by atoms with Crippen molar-refractivity contribution in [2.24, 2.45) is 5.92 Å². The first-order valence-electron chi connectivity index (χ1n) is 10.1. The van der Waals surface area contributed by atoms with Gasteiger partial charge >= 0.3 is 0 Å². The quantitative estimate of drug-likeness (QED) is 0.509. The summed E-state index contributed by atoms with van der Waals surface area (Å²) in [5.74, 6) is -0.185. The van der Waals surface area contributed by atoms with Crippen LogP contribution in [0.5, 0.6) is 5.75 Å².